The molecular weight excluding hydrogens is 120 g/mol. The third-order valence-corrected chi connectivity index (χ3v) is 0.614. The molecule has 3 N–H and O–H groups in total. The largest absolute Gasteiger partial charge is 0.453 e. The van der Waals surface area contributed by atoms with Crippen molar-refractivity contribution in [1.82, 2.24) is 5.32 Å². The minimum absolute atomic E-state index is 1.04. The molecule has 0 aromatic heterocycles. The van der Waals surface area contributed by atoms with Crippen LogP contribution in [0.5, 0.6) is 0 Å². The molecule has 0 aliphatic rings. The van der Waals surface area contributed by atoms with Gasteiger partial charge in [0.15, 0.2) is 0 Å². The fourth-order valence-electron chi connectivity index (χ4n) is 0.218. The molecule has 0 aromatic rings. The summed E-state index contributed by atoms with van der Waals surface area (Å²) >= 11 is 0. The highest BCUT2D eigenvalue weighted by Crippen LogP contribution is 1.77. The Morgan fingerprint density at radius 3 is 3.22 bits per heavy atom. The molecule has 0 rings (SSSR count). The van der Waals surface area contributed by atoms with E-state index in [1.807, 2.05) is 5.32 Å². The lowest BCUT2D eigenvalue weighted by molar-refractivity contribution is 0.167. The Morgan fingerprint density at radius 2 is 2.89 bits per heavy atom. The van der Waals surface area contributed by atoms with Crippen LogP contribution in [0.25, 0.3) is 0 Å². The van der Waals surface area contributed by atoms with Crippen molar-refractivity contribution in [2.75, 3.05) is 13.6 Å². The minimum atomic E-state index is -2.73. The number of alkyl carbamates (subject to hydrolysis) is 1. The van der Waals surface area contributed by atoms with Gasteiger partial charge in [0.05, 0.1) is 7.11 Å². The van der Waals surface area contributed by atoms with Crippen LogP contribution in [0.1, 0.15) is 13.7 Å². The van der Waals surface area contributed by atoms with Crippen molar-refractivity contribution in [3.05, 3.63) is 0 Å². The Balaban J connectivity index is 4.68. The van der Waals surface area contributed by atoms with Crippen molar-refractivity contribution in [3.63, 3.8) is 0 Å². The third-order valence-electron chi connectivity index (χ3n) is 0.614. The second kappa shape index (κ2) is 4.14. The maximum atomic E-state index is 10.7. The van der Waals surface area contributed by atoms with Gasteiger partial charge in [0.2, 0.25) is 0 Å². The Labute approximate surface area is 61.4 Å². The fraction of sp³-hybridized carbons (Fsp3) is 0.800. The molecule has 0 bridgehead atoms. The zero-order chi connectivity index (χ0) is 11.6. The van der Waals surface area contributed by atoms with E-state index in [0.29, 0.717) is 0 Å². The lowest BCUT2D eigenvalue weighted by Gasteiger charge is -2.08. The zero-order valence-electron chi connectivity index (χ0n) is 9.97. The van der Waals surface area contributed by atoms with E-state index in [-0.39, 0.29) is 0 Å². The van der Waals surface area contributed by atoms with E-state index >= 15 is 0 Å². The first-order valence-electron chi connectivity index (χ1n) is 4.72. The quantitative estimate of drug-likeness (QED) is 0.548. The molecule has 4 heteroatoms. The molecule has 0 aromatic carbocycles. The number of rotatable bonds is 2. The van der Waals surface area contributed by atoms with Crippen LogP contribution in [-0.4, -0.2) is 25.7 Å². The second-order valence-electron chi connectivity index (χ2n) is 1.24. The Hall–Kier alpha value is -0.770. The summed E-state index contributed by atoms with van der Waals surface area (Å²) in [7, 11) is 1.04. The van der Waals surface area contributed by atoms with Crippen LogP contribution >= 0.6 is 0 Å². The van der Waals surface area contributed by atoms with Crippen LogP contribution < -0.4 is 11.1 Å². The fourth-order valence-corrected chi connectivity index (χ4v) is 0.218. The van der Waals surface area contributed by atoms with E-state index in [1.165, 1.54) is 0 Å². The Morgan fingerprint density at radius 1 is 2.22 bits per heavy atom. The average Bonchev–Trinajstić information content (AvgIpc) is 1.95. The molecule has 0 saturated carbocycles. The van der Waals surface area contributed by atoms with Gasteiger partial charge >= 0.3 is 6.09 Å². The molecule has 0 saturated heterocycles. The predicted octanol–water partition coefficient (Wildman–Crippen LogP) is -0.310. The number of methoxy groups -OCH3 is 1. The van der Waals surface area contributed by atoms with Crippen molar-refractivity contribution >= 4 is 6.09 Å². The molecular formula is C5H12N2O2. The van der Waals surface area contributed by atoms with Crippen LogP contribution in [0, 0.1) is 0 Å². The average molecular weight is 137 g/mol. The van der Waals surface area contributed by atoms with Gasteiger partial charge < -0.3 is 15.8 Å². The molecule has 0 heterocycles. The van der Waals surface area contributed by atoms with Gasteiger partial charge in [-0.05, 0) is 6.85 Å². The van der Waals surface area contributed by atoms with E-state index in [2.05, 4.69) is 4.74 Å². The van der Waals surface area contributed by atoms with Gasteiger partial charge in [-0.15, -0.1) is 0 Å². The molecule has 0 spiro atoms. The van der Waals surface area contributed by atoms with Gasteiger partial charge in [-0.25, -0.2) is 4.79 Å². The van der Waals surface area contributed by atoms with Crippen molar-refractivity contribution < 1.29 is 16.4 Å². The minimum Gasteiger partial charge on any atom is -0.453 e. The molecule has 1 atom stereocenters. The number of nitrogens with one attached hydrogen (secondary N) is 1. The van der Waals surface area contributed by atoms with Crippen LogP contribution in [-0.2, 0) is 4.74 Å². The lowest BCUT2D eigenvalue weighted by Crippen LogP contribution is -2.37. The van der Waals surface area contributed by atoms with Crippen molar-refractivity contribution in [3.8, 4) is 0 Å². The highest BCUT2D eigenvalue weighted by molar-refractivity contribution is 5.67. The van der Waals surface area contributed by atoms with Gasteiger partial charge in [-0.2, -0.15) is 0 Å². The molecule has 1 unspecified atom stereocenters. The van der Waals surface area contributed by atoms with E-state index in [0.717, 1.165) is 7.11 Å². The number of nitrogens with two attached hydrogens (primary N) is 1. The van der Waals surface area contributed by atoms with Gasteiger partial charge in [0, 0.05) is 19.4 Å². The normalized spacial score (nSPS) is 23.6. The topological polar surface area (TPSA) is 64.3 Å². The van der Waals surface area contributed by atoms with Crippen LogP contribution in [0.2, 0.25) is 0 Å². The summed E-state index contributed by atoms with van der Waals surface area (Å²) in [5.41, 5.74) is 4.97. The molecule has 54 valence electrons. The third kappa shape index (κ3) is 3.78. The molecule has 0 aliphatic heterocycles. The second-order valence-corrected chi connectivity index (χ2v) is 1.24. The lowest BCUT2D eigenvalue weighted by atomic mass is 10.3. The maximum absolute atomic E-state index is 10.7. The molecule has 1 amide bonds. The first-order valence-corrected chi connectivity index (χ1v) is 2.22. The summed E-state index contributed by atoms with van der Waals surface area (Å²) in [6, 6.07) is -1.80. The Kier molecular flexibility index (Phi) is 1.32. The van der Waals surface area contributed by atoms with Crippen LogP contribution in [0.3, 0.4) is 0 Å². The molecule has 9 heavy (non-hydrogen) atoms. The van der Waals surface area contributed by atoms with E-state index in [9.17, 15) is 4.79 Å². The van der Waals surface area contributed by atoms with Gasteiger partial charge in [-0.3, -0.25) is 0 Å². The molecule has 0 radical (unpaired) electrons. The zero-order valence-corrected chi connectivity index (χ0v) is 4.97. The molecule has 0 aliphatic carbocycles. The van der Waals surface area contributed by atoms with Crippen LogP contribution in [0.4, 0.5) is 4.79 Å². The summed E-state index contributed by atoms with van der Waals surface area (Å²) in [4.78, 5) is 10.7. The number of amides is 1. The first-order chi connectivity index (χ1) is 6.09. The summed E-state index contributed by atoms with van der Waals surface area (Å²) < 4.78 is 39.1. The molecule has 4 nitrogen and oxygen atoms in total. The van der Waals surface area contributed by atoms with E-state index < -0.39 is 25.5 Å². The summed E-state index contributed by atoms with van der Waals surface area (Å²) in [6.07, 6.45) is -1.04. The first kappa shape index (κ1) is 2.88. The maximum Gasteiger partial charge on any atom is 0.407 e. The van der Waals surface area contributed by atoms with Gasteiger partial charge in [0.1, 0.15) is 0 Å². The summed E-state index contributed by atoms with van der Waals surface area (Å²) in [6.45, 7) is -5.27. The van der Waals surface area contributed by atoms with Crippen molar-refractivity contribution in [1.29, 1.82) is 0 Å². The standard InChI is InChI=1S/C5H12N2O2/c1-4(3-6)7-5(8)9-2/h4H,3,6H2,1-2H3,(H,7,8)/i1D3,3D2. The highest BCUT2D eigenvalue weighted by Gasteiger charge is 2.02. The van der Waals surface area contributed by atoms with Crippen LogP contribution in [0.15, 0.2) is 0 Å². The number of hydrogen-bond acceptors (Lipinski definition) is 3. The SMILES string of the molecule is [2H]C([2H])([2H])C(NC(=O)OC)C([2H])([2H])N. The highest BCUT2D eigenvalue weighted by atomic mass is 16.5. The van der Waals surface area contributed by atoms with Gasteiger partial charge in [-0.1, -0.05) is 0 Å². The predicted molar refractivity (Wildman–Crippen MR) is 34.1 cm³/mol. The van der Waals surface area contributed by atoms with E-state index in [4.69, 9.17) is 12.6 Å². The summed E-state index contributed by atoms with van der Waals surface area (Å²) in [5, 5.41) is 1.82. The number of carbonyl (C=O) groups is 1. The Bertz CT molecular complexity index is 197. The number of carbonyl (C=O) groups excluding carboxylic acids is 1. The van der Waals surface area contributed by atoms with Crippen molar-refractivity contribution in [2.24, 2.45) is 5.73 Å². The molecule has 0 fully saturated rings. The monoisotopic (exact) mass is 137 g/mol. The smallest absolute Gasteiger partial charge is 0.407 e. The number of hydrogen-bond donors (Lipinski definition) is 2. The van der Waals surface area contributed by atoms with Gasteiger partial charge in [0.25, 0.3) is 0 Å². The van der Waals surface area contributed by atoms with E-state index in [1.54, 1.807) is 0 Å². The van der Waals surface area contributed by atoms with Crippen molar-refractivity contribution in [2.45, 2.75) is 12.9 Å². The summed E-state index contributed by atoms with van der Waals surface area (Å²) in [5.74, 6) is 0. The number of ether oxygens (including phenoxy) is 1.